The molecule has 1 fully saturated rings. The highest BCUT2D eigenvalue weighted by Crippen LogP contribution is 2.46. The van der Waals surface area contributed by atoms with Crippen molar-refractivity contribution in [2.45, 2.75) is 22.9 Å². The van der Waals surface area contributed by atoms with Crippen LogP contribution in [0.5, 0.6) is 5.75 Å². The maximum Gasteiger partial charge on any atom is 0.278 e. The molecule has 3 aromatic carbocycles. The highest BCUT2D eigenvalue weighted by atomic mass is 32.2. The Hall–Kier alpha value is -4.01. The van der Waals surface area contributed by atoms with E-state index in [9.17, 15) is 14.7 Å². The molecule has 0 unspecified atom stereocenters. The van der Waals surface area contributed by atoms with E-state index in [2.05, 4.69) is 47.5 Å². The maximum atomic E-state index is 13.6. The fraction of sp³-hybridized carbons (Fsp3) is 0.200. The largest absolute Gasteiger partial charge is 0.502 e. The number of carbonyl (C=O) groups is 1. The quantitative estimate of drug-likeness (QED) is 0.421. The summed E-state index contributed by atoms with van der Waals surface area (Å²) < 4.78 is 7.57. The van der Waals surface area contributed by atoms with E-state index in [-0.39, 0.29) is 17.6 Å². The summed E-state index contributed by atoms with van der Waals surface area (Å²) in [6, 6.07) is 26.1. The van der Waals surface area contributed by atoms with Gasteiger partial charge in [0.2, 0.25) is 5.43 Å². The number of aromatic nitrogens is 1. The lowest BCUT2D eigenvalue weighted by Crippen LogP contribution is -2.66. The van der Waals surface area contributed by atoms with E-state index in [0.717, 1.165) is 27.3 Å². The van der Waals surface area contributed by atoms with Crippen molar-refractivity contribution in [1.82, 2.24) is 9.58 Å². The first kappa shape index (κ1) is 23.1. The number of amides is 1. The van der Waals surface area contributed by atoms with E-state index >= 15 is 0 Å². The van der Waals surface area contributed by atoms with Gasteiger partial charge in [0.1, 0.15) is 6.17 Å². The smallest absolute Gasteiger partial charge is 0.278 e. The lowest BCUT2D eigenvalue weighted by atomic mass is 9.89. The molecule has 1 saturated heterocycles. The summed E-state index contributed by atoms with van der Waals surface area (Å²) in [5.74, 6) is -0.102. The molecule has 0 spiro atoms. The minimum atomic E-state index is -0.570. The highest BCUT2D eigenvalue weighted by Gasteiger charge is 2.45. The Morgan fingerprint density at radius 3 is 2.55 bits per heavy atom. The monoisotopic (exact) mass is 523 g/mol. The fourth-order valence-electron chi connectivity index (χ4n) is 5.88. The Morgan fingerprint density at radius 1 is 0.895 bits per heavy atom. The minimum Gasteiger partial charge on any atom is -0.502 e. The molecule has 1 aromatic heterocycles. The van der Waals surface area contributed by atoms with Crippen LogP contribution < -0.4 is 10.4 Å². The Morgan fingerprint density at radius 2 is 1.68 bits per heavy atom. The predicted molar refractivity (Wildman–Crippen MR) is 146 cm³/mol. The summed E-state index contributed by atoms with van der Waals surface area (Å²) in [5.41, 5.74) is 5.18. The van der Waals surface area contributed by atoms with Gasteiger partial charge in [-0.15, -0.1) is 11.8 Å². The lowest BCUT2D eigenvalue weighted by Gasteiger charge is -2.51. The summed E-state index contributed by atoms with van der Waals surface area (Å²) >= 11 is 1.80. The van der Waals surface area contributed by atoms with Gasteiger partial charge in [0.15, 0.2) is 11.4 Å². The van der Waals surface area contributed by atoms with Crippen LogP contribution in [0.3, 0.4) is 0 Å². The van der Waals surface area contributed by atoms with Crippen LogP contribution in [-0.4, -0.2) is 46.5 Å². The van der Waals surface area contributed by atoms with Gasteiger partial charge < -0.3 is 14.7 Å². The topological polar surface area (TPSA) is 75.0 Å². The van der Waals surface area contributed by atoms with Crippen LogP contribution in [0.1, 0.15) is 33.2 Å². The van der Waals surface area contributed by atoms with Crippen molar-refractivity contribution in [3.8, 4) is 16.9 Å². The number of ether oxygens (including phenoxy) is 1. The molecule has 0 aliphatic carbocycles. The average molecular weight is 524 g/mol. The maximum absolute atomic E-state index is 13.6. The molecule has 3 aliphatic heterocycles. The molecular formula is C30H25N3O4S. The molecule has 4 aromatic rings. The van der Waals surface area contributed by atoms with Crippen LogP contribution in [-0.2, 0) is 10.5 Å². The van der Waals surface area contributed by atoms with Crippen molar-refractivity contribution >= 4 is 17.7 Å². The summed E-state index contributed by atoms with van der Waals surface area (Å²) in [4.78, 5) is 28.9. The number of hydrogen-bond acceptors (Lipinski definition) is 6. The third-order valence-corrected chi connectivity index (χ3v) is 8.73. The van der Waals surface area contributed by atoms with Gasteiger partial charge in [-0.1, -0.05) is 66.7 Å². The molecule has 8 heteroatoms. The van der Waals surface area contributed by atoms with E-state index in [1.54, 1.807) is 27.5 Å². The Labute approximate surface area is 223 Å². The molecule has 7 nitrogen and oxygen atoms in total. The van der Waals surface area contributed by atoms with Crippen LogP contribution in [0.15, 0.2) is 94.7 Å². The first-order valence-electron chi connectivity index (χ1n) is 12.6. The number of pyridine rings is 1. The van der Waals surface area contributed by atoms with Crippen LogP contribution in [0.2, 0.25) is 0 Å². The number of nitrogens with zero attached hydrogens (tertiary/aromatic N) is 3. The molecule has 3 aliphatic rings. The van der Waals surface area contributed by atoms with Crippen molar-refractivity contribution in [2.24, 2.45) is 0 Å². The number of rotatable bonds is 2. The Balaban J connectivity index is 1.52. The van der Waals surface area contributed by atoms with Gasteiger partial charge in [-0.2, -0.15) is 0 Å². The number of hydrogen-bond donors (Lipinski definition) is 1. The third kappa shape index (κ3) is 3.48. The Kier molecular flexibility index (Phi) is 5.52. The summed E-state index contributed by atoms with van der Waals surface area (Å²) in [7, 11) is 0. The molecular weight excluding hydrogens is 498 g/mol. The molecule has 0 saturated carbocycles. The number of benzene rings is 3. The van der Waals surface area contributed by atoms with Gasteiger partial charge >= 0.3 is 0 Å². The molecule has 1 N–H and O–H groups in total. The van der Waals surface area contributed by atoms with Gasteiger partial charge in [-0.05, 0) is 33.9 Å². The zero-order valence-corrected chi connectivity index (χ0v) is 21.3. The van der Waals surface area contributed by atoms with Gasteiger partial charge in [0.05, 0.1) is 19.3 Å². The molecule has 0 bridgehead atoms. The lowest BCUT2D eigenvalue weighted by molar-refractivity contribution is -0.0197. The van der Waals surface area contributed by atoms with E-state index in [1.807, 2.05) is 30.3 Å². The minimum absolute atomic E-state index is 0.00852. The second kappa shape index (κ2) is 9.08. The SMILES string of the molecule is O=C1c2c(O)c(=O)ccn2N([C@@H]2c3ccccc3SCc3c(-c4ccccc4)cccc32)[C@@H]2COCCN12. The second-order valence-electron chi connectivity index (χ2n) is 9.62. The molecule has 190 valence electrons. The molecule has 2 atom stereocenters. The number of morpholine rings is 1. The molecule has 1 amide bonds. The van der Waals surface area contributed by atoms with Crippen molar-refractivity contribution in [3.63, 3.8) is 0 Å². The van der Waals surface area contributed by atoms with E-state index in [0.29, 0.717) is 19.8 Å². The van der Waals surface area contributed by atoms with Gasteiger partial charge in [0.25, 0.3) is 5.91 Å². The second-order valence-corrected chi connectivity index (χ2v) is 10.6. The first-order valence-corrected chi connectivity index (χ1v) is 13.6. The normalized spacial score (nSPS) is 20.2. The molecule has 7 rings (SSSR count). The van der Waals surface area contributed by atoms with Crippen molar-refractivity contribution in [3.05, 3.63) is 118 Å². The van der Waals surface area contributed by atoms with E-state index in [1.165, 1.54) is 17.2 Å². The van der Waals surface area contributed by atoms with E-state index < -0.39 is 17.3 Å². The van der Waals surface area contributed by atoms with Crippen LogP contribution in [0.4, 0.5) is 0 Å². The van der Waals surface area contributed by atoms with Crippen LogP contribution >= 0.6 is 11.8 Å². The third-order valence-electron chi connectivity index (χ3n) is 7.62. The predicted octanol–water partition coefficient (Wildman–Crippen LogP) is 4.37. The van der Waals surface area contributed by atoms with Crippen molar-refractivity contribution in [2.75, 3.05) is 24.8 Å². The summed E-state index contributed by atoms with van der Waals surface area (Å²) in [6.45, 7) is 1.10. The molecule has 0 radical (unpaired) electrons. The van der Waals surface area contributed by atoms with Crippen molar-refractivity contribution in [1.29, 1.82) is 0 Å². The number of thioether (sulfide) groups is 1. The molecule has 4 heterocycles. The van der Waals surface area contributed by atoms with Gasteiger partial charge in [-0.3, -0.25) is 19.3 Å². The number of fused-ring (bicyclic) bond motifs is 4. The molecule has 38 heavy (non-hydrogen) atoms. The van der Waals surface area contributed by atoms with E-state index in [4.69, 9.17) is 4.74 Å². The zero-order chi connectivity index (χ0) is 25.8. The first-order chi connectivity index (χ1) is 18.6. The summed E-state index contributed by atoms with van der Waals surface area (Å²) in [5, 5.41) is 12.9. The fourth-order valence-corrected chi connectivity index (χ4v) is 7.03. The summed E-state index contributed by atoms with van der Waals surface area (Å²) in [6.07, 6.45) is 1.18. The average Bonchev–Trinajstić information content (AvgIpc) is 3.13. The van der Waals surface area contributed by atoms with Gasteiger partial charge in [-0.25, -0.2) is 0 Å². The Bertz CT molecular complexity index is 1620. The van der Waals surface area contributed by atoms with Crippen LogP contribution in [0.25, 0.3) is 11.1 Å². The van der Waals surface area contributed by atoms with Crippen molar-refractivity contribution < 1.29 is 14.6 Å². The van der Waals surface area contributed by atoms with Gasteiger partial charge in [0, 0.05) is 29.5 Å². The zero-order valence-electron chi connectivity index (χ0n) is 20.5. The number of aromatic hydroxyl groups is 1. The van der Waals surface area contributed by atoms with Crippen LogP contribution in [0, 0.1) is 0 Å². The highest BCUT2D eigenvalue weighted by molar-refractivity contribution is 7.98. The number of carbonyl (C=O) groups excluding carboxylic acids is 1. The standard InChI is InChI=1S/C30H25N3O4S/c34-24-13-14-32-28(29(24)35)30(36)31-15-16-37-17-26(31)33(32)27-21-11-6-10-20(19-7-2-1-3-8-19)23(21)18-38-25-12-5-4-9-22(25)27/h1-14,26-27,35H,15-18H2/t26-,27+/m1/s1.